The SMILES string of the molecule is C[C@H]1C[C@@H](Sc2nncn2-c2ccccc2F)C(=O)O1. The summed E-state index contributed by atoms with van der Waals surface area (Å²) in [5, 5.41) is 7.92. The molecule has 20 heavy (non-hydrogen) atoms. The Morgan fingerprint density at radius 2 is 2.25 bits per heavy atom. The molecule has 1 fully saturated rings. The van der Waals surface area contributed by atoms with Crippen molar-refractivity contribution in [1.29, 1.82) is 0 Å². The number of cyclic esters (lactones) is 1. The lowest BCUT2D eigenvalue weighted by Crippen LogP contribution is -2.11. The number of benzene rings is 1. The fourth-order valence-corrected chi connectivity index (χ4v) is 3.19. The van der Waals surface area contributed by atoms with Crippen LogP contribution in [0.3, 0.4) is 0 Å². The molecule has 2 aromatic rings. The van der Waals surface area contributed by atoms with Crippen molar-refractivity contribution in [1.82, 2.24) is 14.8 Å². The van der Waals surface area contributed by atoms with Crippen LogP contribution in [0.1, 0.15) is 13.3 Å². The van der Waals surface area contributed by atoms with Crippen molar-refractivity contribution in [2.24, 2.45) is 0 Å². The maximum atomic E-state index is 13.8. The number of rotatable bonds is 3. The van der Waals surface area contributed by atoms with E-state index in [1.54, 1.807) is 18.2 Å². The summed E-state index contributed by atoms with van der Waals surface area (Å²) in [4.78, 5) is 11.7. The smallest absolute Gasteiger partial charge is 0.319 e. The number of carbonyl (C=O) groups is 1. The fourth-order valence-electron chi connectivity index (χ4n) is 2.06. The topological polar surface area (TPSA) is 57.0 Å². The number of nitrogens with zero attached hydrogens (tertiary/aromatic N) is 3. The molecule has 0 bridgehead atoms. The van der Waals surface area contributed by atoms with Crippen LogP contribution in [-0.2, 0) is 9.53 Å². The average Bonchev–Trinajstić information content (AvgIpc) is 2.98. The molecule has 1 aromatic carbocycles. The van der Waals surface area contributed by atoms with Crippen molar-refractivity contribution in [3.8, 4) is 5.69 Å². The highest BCUT2D eigenvalue weighted by Crippen LogP contribution is 2.32. The minimum Gasteiger partial charge on any atom is -0.462 e. The molecular weight excluding hydrogens is 281 g/mol. The Bertz CT molecular complexity index is 646. The van der Waals surface area contributed by atoms with E-state index >= 15 is 0 Å². The van der Waals surface area contributed by atoms with Crippen molar-refractivity contribution < 1.29 is 13.9 Å². The summed E-state index contributed by atoms with van der Waals surface area (Å²) in [6, 6.07) is 6.36. The highest BCUT2D eigenvalue weighted by atomic mass is 32.2. The second kappa shape index (κ2) is 5.24. The van der Waals surface area contributed by atoms with Gasteiger partial charge in [0.25, 0.3) is 0 Å². The van der Waals surface area contributed by atoms with Gasteiger partial charge in [0, 0.05) is 6.42 Å². The Hall–Kier alpha value is -1.89. The van der Waals surface area contributed by atoms with Gasteiger partial charge in [-0.25, -0.2) is 4.39 Å². The minimum atomic E-state index is -0.364. The van der Waals surface area contributed by atoms with Crippen LogP contribution in [0.5, 0.6) is 0 Å². The van der Waals surface area contributed by atoms with Crippen molar-refractivity contribution >= 4 is 17.7 Å². The van der Waals surface area contributed by atoms with Crippen LogP contribution >= 0.6 is 11.8 Å². The quantitative estimate of drug-likeness (QED) is 0.812. The number of para-hydroxylation sites is 1. The third kappa shape index (κ3) is 2.40. The molecule has 0 spiro atoms. The van der Waals surface area contributed by atoms with E-state index in [4.69, 9.17) is 4.74 Å². The third-order valence-corrected chi connectivity index (χ3v) is 4.16. The number of aromatic nitrogens is 3. The van der Waals surface area contributed by atoms with Crippen LogP contribution < -0.4 is 0 Å². The van der Waals surface area contributed by atoms with Crippen LogP contribution in [0.25, 0.3) is 5.69 Å². The van der Waals surface area contributed by atoms with E-state index in [0.717, 1.165) is 0 Å². The maximum Gasteiger partial charge on any atom is 0.319 e. The Balaban J connectivity index is 1.88. The molecule has 2 heterocycles. The number of hydrogen-bond acceptors (Lipinski definition) is 5. The van der Waals surface area contributed by atoms with Crippen molar-refractivity contribution in [2.75, 3.05) is 0 Å². The Labute approximate surface area is 119 Å². The molecule has 1 aromatic heterocycles. The van der Waals surface area contributed by atoms with Gasteiger partial charge in [0.05, 0.1) is 5.69 Å². The van der Waals surface area contributed by atoms with Gasteiger partial charge < -0.3 is 4.74 Å². The normalized spacial score (nSPS) is 22.0. The van der Waals surface area contributed by atoms with Crippen LogP contribution in [0.15, 0.2) is 35.7 Å². The molecule has 5 nitrogen and oxygen atoms in total. The van der Waals surface area contributed by atoms with Gasteiger partial charge in [-0.05, 0) is 19.1 Å². The molecule has 1 saturated heterocycles. The van der Waals surface area contributed by atoms with Gasteiger partial charge in [-0.1, -0.05) is 23.9 Å². The molecule has 0 radical (unpaired) electrons. The molecule has 3 rings (SSSR count). The lowest BCUT2D eigenvalue weighted by molar-refractivity contribution is -0.140. The highest BCUT2D eigenvalue weighted by molar-refractivity contribution is 8.00. The molecule has 0 amide bonds. The first-order valence-electron chi connectivity index (χ1n) is 6.17. The zero-order valence-electron chi connectivity index (χ0n) is 10.7. The lowest BCUT2D eigenvalue weighted by Gasteiger charge is -2.08. The van der Waals surface area contributed by atoms with E-state index in [1.165, 1.54) is 28.7 Å². The third-order valence-electron chi connectivity index (χ3n) is 3.00. The summed E-state index contributed by atoms with van der Waals surface area (Å²) in [5.74, 6) is -0.623. The average molecular weight is 293 g/mol. The molecule has 1 aliphatic heterocycles. The summed E-state index contributed by atoms with van der Waals surface area (Å²) in [5.41, 5.74) is 0.361. The van der Waals surface area contributed by atoms with E-state index in [-0.39, 0.29) is 23.1 Å². The maximum absolute atomic E-state index is 13.8. The van der Waals surface area contributed by atoms with Crippen LogP contribution in [0.2, 0.25) is 0 Å². The summed E-state index contributed by atoms with van der Waals surface area (Å²) in [7, 11) is 0. The van der Waals surface area contributed by atoms with E-state index in [1.807, 2.05) is 6.92 Å². The first kappa shape index (κ1) is 13.1. The van der Waals surface area contributed by atoms with Crippen molar-refractivity contribution in [3.05, 3.63) is 36.4 Å². The number of halogens is 1. The standard InChI is InChI=1S/C13H12FN3O2S/c1-8-6-11(12(18)19-8)20-13-16-15-7-17(13)10-5-3-2-4-9(10)14/h2-5,7-8,11H,6H2,1H3/t8-,11+/m0/s1. The Morgan fingerprint density at radius 1 is 1.45 bits per heavy atom. The van der Waals surface area contributed by atoms with E-state index in [0.29, 0.717) is 17.3 Å². The van der Waals surface area contributed by atoms with Gasteiger partial charge in [0.15, 0.2) is 5.16 Å². The summed E-state index contributed by atoms with van der Waals surface area (Å²) in [6.45, 7) is 1.85. The largest absolute Gasteiger partial charge is 0.462 e. The molecule has 0 N–H and O–H groups in total. The Kier molecular flexibility index (Phi) is 3.43. The van der Waals surface area contributed by atoms with Crippen molar-refractivity contribution in [2.45, 2.75) is 29.9 Å². The van der Waals surface area contributed by atoms with Gasteiger partial charge in [0.1, 0.15) is 23.5 Å². The van der Waals surface area contributed by atoms with Crippen LogP contribution in [0, 0.1) is 5.82 Å². The first-order valence-corrected chi connectivity index (χ1v) is 7.05. The minimum absolute atomic E-state index is 0.0927. The zero-order chi connectivity index (χ0) is 14.1. The number of thioether (sulfide) groups is 1. The van der Waals surface area contributed by atoms with Gasteiger partial charge in [0.2, 0.25) is 0 Å². The number of carbonyl (C=O) groups excluding carboxylic acids is 1. The van der Waals surface area contributed by atoms with Gasteiger partial charge in [-0.2, -0.15) is 0 Å². The fraction of sp³-hybridized carbons (Fsp3) is 0.308. The summed E-state index contributed by atoms with van der Waals surface area (Å²) < 4.78 is 20.4. The first-order chi connectivity index (χ1) is 9.65. The number of hydrogen-bond donors (Lipinski definition) is 0. The molecule has 0 unspecified atom stereocenters. The number of ether oxygens (including phenoxy) is 1. The van der Waals surface area contributed by atoms with Crippen LogP contribution in [-0.4, -0.2) is 32.1 Å². The van der Waals surface area contributed by atoms with Gasteiger partial charge in [-0.3, -0.25) is 9.36 Å². The van der Waals surface area contributed by atoms with E-state index in [9.17, 15) is 9.18 Å². The highest BCUT2D eigenvalue weighted by Gasteiger charge is 2.34. The molecular formula is C13H12FN3O2S. The summed E-state index contributed by atoms with van der Waals surface area (Å²) >= 11 is 1.25. The molecule has 7 heteroatoms. The second-order valence-corrected chi connectivity index (χ2v) is 5.69. The number of esters is 1. The molecule has 104 valence electrons. The lowest BCUT2D eigenvalue weighted by atomic mass is 10.3. The van der Waals surface area contributed by atoms with E-state index < -0.39 is 0 Å². The summed E-state index contributed by atoms with van der Waals surface area (Å²) in [6.07, 6.45) is 1.96. The molecule has 0 saturated carbocycles. The van der Waals surface area contributed by atoms with Crippen molar-refractivity contribution in [3.63, 3.8) is 0 Å². The van der Waals surface area contributed by atoms with E-state index in [2.05, 4.69) is 10.2 Å². The Morgan fingerprint density at radius 3 is 2.95 bits per heavy atom. The van der Waals surface area contributed by atoms with Crippen LogP contribution in [0.4, 0.5) is 4.39 Å². The molecule has 2 atom stereocenters. The van der Waals surface area contributed by atoms with Gasteiger partial charge in [-0.15, -0.1) is 10.2 Å². The predicted octanol–water partition coefficient (Wildman–Crippen LogP) is 2.20. The predicted molar refractivity (Wildman–Crippen MR) is 71.1 cm³/mol. The molecule has 0 aliphatic carbocycles. The zero-order valence-corrected chi connectivity index (χ0v) is 11.5. The molecule has 1 aliphatic rings. The monoisotopic (exact) mass is 293 g/mol. The second-order valence-electron chi connectivity index (χ2n) is 4.52. The van der Waals surface area contributed by atoms with Gasteiger partial charge >= 0.3 is 5.97 Å².